The summed E-state index contributed by atoms with van der Waals surface area (Å²) in [5, 5.41) is 35.4. The summed E-state index contributed by atoms with van der Waals surface area (Å²) in [4.78, 5) is 71.2. The van der Waals surface area contributed by atoms with Crippen molar-refractivity contribution in [2.75, 3.05) is 6.61 Å². The zero-order chi connectivity index (χ0) is 31.0. The Kier molecular flexibility index (Phi) is 10.5. The van der Waals surface area contributed by atoms with E-state index in [9.17, 15) is 44.5 Å². The number of likely N-dealkylation sites (tertiary alicyclic amines) is 1. The smallest absolute Gasteiger partial charge is 0.407 e. The van der Waals surface area contributed by atoms with Crippen molar-refractivity contribution in [3.05, 3.63) is 79.9 Å². The molecule has 224 valence electrons. The van der Waals surface area contributed by atoms with Gasteiger partial charge in [0.15, 0.2) is 0 Å². The van der Waals surface area contributed by atoms with Crippen LogP contribution in [-0.2, 0) is 41.8 Å². The first-order valence-corrected chi connectivity index (χ1v) is 12.6. The highest BCUT2D eigenvalue weighted by molar-refractivity contribution is 5.91. The second-order valence-electron chi connectivity index (χ2n) is 9.23. The lowest BCUT2D eigenvalue weighted by atomic mass is 9.80. The number of rotatable bonds is 13. The number of carbonyl (C=O) groups is 4. The van der Waals surface area contributed by atoms with Crippen LogP contribution in [0.2, 0.25) is 0 Å². The van der Waals surface area contributed by atoms with E-state index in [0.29, 0.717) is 0 Å². The highest BCUT2D eigenvalue weighted by Crippen LogP contribution is 2.34. The van der Waals surface area contributed by atoms with Crippen LogP contribution in [0, 0.1) is 26.1 Å². The number of esters is 2. The molecule has 42 heavy (non-hydrogen) atoms. The number of ether oxygens (including phenoxy) is 3. The lowest BCUT2D eigenvalue weighted by Gasteiger charge is -2.50. The van der Waals surface area contributed by atoms with E-state index in [0.717, 1.165) is 4.90 Å². The first kappa shape index (κ1) is 31.4. The summed E-state index contributed by atoms with van der Waals surface area (Å²) in [7, 11) is 0. The number of nitro groups is 2. The molecule has 1 saturated heterocycles. The Morgan fingerprint density at radius 2 is 1.48 bits per heavy atom. The van der Waals surface area contributed by atoms with Crippen LogP contribution in [-0.4, -0.2) is 68.7 Å². The fraction of sp³-hybridized carbons (Fsp3) is 0.385. The molecule has 16 nitrogen and oxygen atoms in total. The van der Waals surface area contributed by atoms with Crippen molar-refractivity contribution in [3.8, 4) is 0 Å². The Bertz CT molecular complexity index is 1370. The van der Waals surface area contributed by atoms with E-state index in [-0.39, 0.29) is 35.5 Å². The number of aliphatic hydroxyl groups is 1. The number of carbonyl (C=O) groups excluding carboxylic acids is 4. The highest BCUT2D eigenvalue weighted by atomic mass is 16.6. The molecule has 2 amide bonds. The maximum absolute atomic E-state index is 13.0. The van der Waals surface area contributed by atoms with E-state index in [2.05, 4.69) is 5.32 Å². The summed E-state index contributed by atoms with van der Waals surface area (Å²) < 4.78 is 15.0. The van der Waals surface area contributed by atoms with Crippen molar-refractivity contribution in [1.29, 1.82) is 0 Å². The molecule has 2 aromatic rings. The third-order valence-corrected chi connectivity index (χ3v) is 6.49. The van der Waals surface area contributed by atoms with Gasteiger partial charge in [0.25, 0.3) is 11.4 Å². The topological polar surface area (TPSA) is 218 Å². The minimum Gasteiger partial charge on any atom is -0.466 e. The molecule has 0 saturated carbocycles. The molecule has 2 N–H and O–H groups in total. The predicted octanol–water partition coefficient (Wildman–Crippen LogP) is 1.96. The number of β-lactam (4-membered cyclic amide) rings is 1. The van der Waals surface area contributed by atoms with Gasteiger partial charge in [0.1, 0.15) is 13.2 Å². The van der Waals surface area contributed by atoms with Gasteiger partial charge in [-0.05, 0) is 19.1 Å². The van der Waals surface area contributed by atoms with Crippen LogP contribution < -0.4 is 5.32 Å². The Morgan fingerprint density at radius 3 is 2.00 bits per heavy atom. The van der Waals surface area contributed by atoms with E-state index in [4.69, 9.17) is 14.2 Å². The van der Waals surface area contributed by atoms with Crippen LogP contribution >= 0.6 is 0 Å². The standard InChI is InChI=1S/C26H28N4O12/c1-15(27-26(35)42-14-18-8-4-6-10-20(18)30(38)39)22-21(11-12-40-16(2)31)28(23(22)32)24(33)25(34)41-13-17-7-3-5-9-19(17)29(36)37/h3-10,15,21-22,24,33H,11-14H2,1-2H3,(H,27,35). The second kappa shape index (κ2) is 14.0. The monoisotopic (exact) mass is 588 g/mol. The van der Waals surface area contributed by atoms with Gasteiger partial charge in [-0.3, -0.25) is 29.8 Å². The minimum atomic E-state index is -2.09. The van der Waals surface area contributed by atoms with Crippen molar-refractivity contribution < 1.29 is 48.3 Å². The molecule has 1 heterocycles. The molecule has 1 fully saturated rings. The largest absolute Gasteiger partial charge is 0.466 e. The molecule has 1 aliphatic heterocycles. The molecular formula is C26H28N4O12. The molecule has 0 aromatic heterocycles. The average Bonchev–Trinajstić information content (AvgIpc) is 2.94. The highest BCUT2D eigenvalue weighted by Gasteiger charge is 2.54. The molecule has 1 aliphatic rings. The molecule has 0 spiro atoms. The fourth-order valence-corrected chi connectivity index (χ4v) is 4.50. The SMILES string of the molecule is CC(=O)OCCC1C(C(C)NC(=O)OCc2ccccc2[N+](=O)[O-])C(=O)N1C(O)C(=O)OCc1ccccc1[N+](=O)[O-]. The van der Waals surface area contributed by atoms with Gasteiger partial charge >= 0.3 is 18.0 Å². The van der Waals surface area contributed by atoms with Gasteiger partial charge in [-0.1, -0.05) is 24.3 Å². The summed E-state index contributed by atoms with van der Waals surface area (Å²) >= 11 is 0. The van der Waals surface area contributed by atoms with Crippen LogP contribution in [0.25, 0.3) is 0 Å². The number of nitro benzene ring substituents is 2. The number of hydrogen-bond donors (Lipinski definition) is 2. The zero-order valence-electron chi connectivity index (χ0n) is 22.5. The van der Waals surface area contributed by atoms with Gasteiger partial charge in [0.05, 0.1) is 39.5 Å². The third-order valence-electron chi connectivity index (χ3n) is 6.49. The van der Waals surface area contributed by atoms with Crippen LogP contribution in [0.3, 0.4) is 0 Å². The molecule has 0 aliphatic carbocycles. The molecule has 0 bridgehead atoms. The van der Waals surface area contributed by atoms with E-state index in [1.807, 2.05) is 0 Å². The van der Waals surface area contributed by atoms with Gasteiger partial charge in [0.2, 0.25) is 12.1 Å². The van der Waals surface area contributed by atoms with Gasteiger partial charge in [-0.25, -0.2) is 9.59 Å². The molecule has 4 atom stereocenters. The first-order chi connectivity index (χ1) is 19.9. The summed E-state index contributed by atoms with van der Waals surface area (Å²) in [5.74, 6) is -3.55. The number of hydrogen-bond acceptors (Lipinski definition) is 12. The van der Waals surface area contributed by atoms with Crippen molar-refractivity contribution in [2.45, 2.75) is 51.8 Å². The predicted molar refractivity (Wildman–Crippen MR) is 140 cm³/mol. The summed E-state index contributed by atoms with van der Waals surface area (Å²) in [6.45, 7) is 1.52. The molecular weight excluding hydrogens is 560 g/mol. The number of nitrogens with one attached hydrogen (secondary N) is 1. The van der Waals surface area contributed by atoms with Crippen molar-refractivity contribution in [2.24, 2.45) is 5.92 Å². The number of aliphatic hydroxyl groups excluding tert-OH is 1. The summed E-state index contributed by atoms with van der Waals surface area (Å²) in [6, 6.07) is 9.41. The Hall–Kier alpha value is -5.12. The van der Waals surface area contributed by atoms with Crippen LogP contribution in [0.4, 0.5) is 16.2 Å². The minimum absolute atomic E-state index is 0.0121. The number of nitrogens with zero attached hydrogens (tertiary/aromatic N) is 3. The van der Waals surface area contributed by atoms with Crippen molar-refractivity contribution in [3.63, 3.8) is 0 Å². The molecule has 16 heteroatoms. The lowest BCUT2D eigenvalue weighted by Crippen LogP contribution is -2.70. The number of benzene rings is 2. The number of amides is 2. The molecule has 0 radical (unpaired) electrons. The van der Waals surface area contributed by atoms with Crippen molar-refractivity contribution >= 4 is 35.3 Å². The second-order valence-corrected chi connectivity index (χ2v) is 9.23. The number of alkyl carbamates (subject to hydrolysis) is 1. The summed E-state index contributed by atoms with van der Waals surface area (Å²) in [5.41, 5.74) is -0.318. The normalized spacial score (nSPS) is 17.3. The molecule has 2 aromatic carbocycles. The van der Waals surface area contributed by atoms with E-state index >= 15 is 0 Å². The third kappa shape index (κ3) is 7.54. The summed E-state index contributed by atoms with van der Waals surface area (Å²) in [6.07, 6.45) is -3.08. The molecule has 3 rings (SSSR count). The van der Waals surface area contributed by atoms with Gasteiger partial charge in [-0.2, -0.15) is 0 Å². The maximum atomic E-state index is 13.0. The quantitative estimate of drug-likeness (QED) is 0.113. The number of para-hydroxylation sites is 2. The van der Waals surface area contributed by atoms with Gasteiger partial charge in [-0.15, -0.1) is 0 Å². The lowest BCUT2D eigenvalue weighted by molar-refractivity contribution is -0.386. The Labute approximate surface area is 238 Å². The van der Waals surface area contributed by atoms with E-state index in [1.165, 1.54) is 56.3 Å². The van der Waals surface area contributed by atoms with E-state index < -0.39 is 71.2 Å². The fourth-order valence-electron chi connectivity index (χ4n) is 4.50. The van der Waals surface area contributed by atoms with E-state index in [1.54, 1.807) is 6.07 Å². The average molecular weight is 589 g/mol. The zero-order valence-corrected chi connectivity index (χ0v) is 22.5. The Balaban J connectivity index is 1.65. The van der Waals surface area contributed by atoms with Gasteiger partial charge < -0.3 is 29.5 Å². The van der Waals surface area contributed by atoms with Gasteiger partial charge in [0, 0.05) is 31.5 Å². The first-order valence-electron chi connectivity index (χ1n) is 12.6. The van der Waals surface area contributed by atoms with Crippen molar-refractivity contribution in [1.82, 2.24) is 10.2 Å². The van der Waals surface area contributed by atoms with Crippen LogP contribution in [0.15, 0.2) is 48.5 Å². The molecule has 4 unspecified atom stereocenters. The van der Waals surface area contributed by atoms with Crippen LogP contribution in [0.1, 0.15) is 31.4 Å². The maximum Gasteiger partial charge on any atom is 0.407 e. The Morgan fingerprint density at radius 1 is 0.952 bits per heavy atom. The van der Waals surface area contributed by atoms with Crippen LogP contribution in [0.5, 0.6) is 0 Å².